The molecule has 1 saturated heterocycles. The van der Waals surface area contributed by atoms with Gasteiger partial charge < -0.3 is 4.90 Å². The zero-order valence-electron chi connectivity index (χ0n) is 11.7. The smallest absolute Gasteiger partial charge is 0.222 e. The standard InChI is InChI=1S/C14H19FN2O3S/c15-13-6-4-12(5-7-13)11-21(19,20)16-8-2-10-17-9-1-3-14(17)18/h4-7,16H,1-3,8-11H2. The van der Waals surface area contributed by atoms with E-state index in [1.165, 1.54) is 24.3 Å². The number of sulfonamides is 1. The molecule has 1 aromatic carbocycles. The van der Waals surface area contributed by atoms with Gasteiger partial charge >= 0.3 is 0 Å². The molecular formula is C14H19FN2O3S. The molecule has 1 N–H and O–H groups in total. The predicted octanol–water partition coefficient (Wildman–Crippen LogP) is 1.26. The van der Waals surface area contributed by atoms with E-state index >= 15 is 0 Å². The number of carbonyl (C=O) groups is 1. The van der Waals surface area contributed by atoms with Crippen LogP contribution in [0.3, 0.4) is 0 Å². The largest absolute Gasteiger partial charge is 0.343 e. The van der Waals surface area contributed by atoms with Crippen molar-refractivity contribution in [2.75, 3.05) is 19.6 Å². The molecule has 0 spiro atoms. The number of nitrogens with zero attached hydrogens (tertiary/aromatic N) is 1. The molecule has 0 aliphatic carbocycles. The lowest BCUT2D eigenvalue weighted by Crippen LogP contribution is -2.31. The third-order valence-corrected chi connectivity index (χ3v) is 4.73. The first-order chi connectivity index (χ1) is 9.96. The second-order valence-electron chi connectivity index (χ2n) is 5.12. The lowest BCUT2D eigenvalue weighted by atomic mass is 10.2. The maximum atomic E-state index is 12.8. The summed E-state index contributed by atoms with van der Waals surface area (Å²) in [6.07, 6.45) is 2.07. The van der Waals surface area contributed by atoms with Crippen LogP contribution in [0.1, 0.15) is 24.8 Å². The Morgan fingerprint density at radius 1 is 1.24 bits per heavy atom. The second-order valence-corrected chi connectivity index (χ2v) is 6.92. The van der Waals surface area contributed by atoms with Gasteiger partial charge in [-0.1, -0.05) is 12.1 Å². The lowest BCUT2D eigenvalue weighted by molar-refractivity contribution is -0.127. The third-order valence-electron chi connectivity index (χ3n) is 3.37. The molecule has 21 heavy (non-hydrogen) atoms. The number of hydrogen-bond donors (Lipinski definition) is 1. The van der Waals surface area contributed by atoms with Gasteiger partial charge in [0.05, 0.1) is 5.75 Å². The SMILES string of the molecule is O=C1CCCN1CCCNS(=O)(=O)Cc1ccc(F)cc1. The maximum Gasteiger partial charge on any atom is 0.222 e. The van der Waals surface area contributed by atoms with Crippen LogP contribution in [0, 0.1) is 5.82 Å². The van der Waals surface area contributed by atoms with E-state index in [0.717, 1.165) is 13.0 Å². The van der Waals surface area contributed by atoms with Crippen LogP contribution in [0.25, 0.3) is 0 Å². The van der Waals surface area contributed by atoms with Gasteiger partial charge in [-0.15, -0.1) is 0 Å². The summed E-state index contributed by atoms with van der Waals surface area (Å²) in [4.78, 5) is 13.1. The highest BCUT2D eigenvalue weighted by atomic mass is 32.2. The number of halogens is 1. The first kappa shape index (κ1) is 15.9. The van der Waals surface area contributed by atoms with Crippen LogP contribution < -0.4 is 4.72 Å². The fourth-order valence-corrected chi connectivity index (χ4v) is 3.48. The average Bonchev–Trinajstić information content (AvgIpc) is 2.83. The monoisotopic (exact) mass is 314 g/mol. The Balaban J connectivity index is 1.73. The molecule has 1 amide bonds. The Kier molecular flexibility index (Phi) is 5.30. The first-order valence-electron chi connectivity index (χ1n) is 6.96. The number of hydrogen-bond acceptors (Lipinski definition) is 3. The quantitative estimate of drug-likeness (QED) is 0.771. The van der Waals surface area contributed by atoms with E-state index in [4.69, 9.17) is 0 Å². The molecule has 0 aromatic heterocycles. The number of likely N-dealkylation sites (tertiary alicyclic amines) is 1. The Labute approximate surface area is 124 Å². The van der Waals surface area contributed by atoms with Crippen molar-refractivity contribution in [3.05, 3.63) is 35.6 Å². The summed E-state index contributed by atoms with van der Waals surface area (Å²) in [5, 5.41) is 0. The number of nitrogens with one attached hydrogen (secondary N) is 1. The van der Waals surface area contributed by atoms with Crippen molar-refractivity contribution < 1.29 is 17.6 Å². The van der Waals surface area contributed by atoms with Crippen molar-refractivity contribution in [1.29, 1.82) is 0 Å². The van der Waals surface area contributed by atoms with Gasteiger partial charge in [0.15, 0.2) is 0 Å². The fraction of sp³-hybridized carbons (Fsp3) is 0.500. The molecule has 2 rings (SSSR count). The molecule has 7 heteroatoms. The predicted molar refractivity (Wildman–Crippen MR) is 77.5 cm³/mol. The van der Waals surface area contributed by atoms with Gasteiger partial charge in [-0.2, -0.15) is 0 Å². The summed E-state index contributed by atoms with van der Waals surface area (Å²) in [7, 11) is -3.43. The van der Waals surface area contributed by atoms with E-state index in [9.17, 15) is 17.6 Å². The minimum absolute atomic E-state index is 0.143. The number of carbonyl (C=O) groups excluding carboxylic acids is 1. The van der Waals surface area contributed by atoms with Crippen molar-refractivity contribution in [3.63, 3.8) is 0 Å². The van der Waals surface area contributed by atoms with E-state index in [1.807, 2.05) is 0 Å². The lowest BCUT2D eigenvalue weighted by Gasteiger charge is -2.15. The van der Waals surface area contributed by atoms with Crippen LogP contribution in [0.15, 0.2) is 24.3 Å². The van der Waals surface area contributed by atoms with E-state index in [0.29, 0.717) is 31.5 Å². The topological polar surface area (TPSA) is 66.5 Å². The molecule has 0 saturated carbocycles. The third kappa shape index (κ3) is 5.09. The summed E-state index contributed by atoms with van der Waals surface area (Å²) in [6.45, 7) is 1.65. The molecule has 5 nitrogen and oxygen atoms in total. The van der Waals surface area contributed by atoms with E-state index in [-0.39, 0.29) is 17.5 Å². The Hall–Kier alpha value is -1.47. The molecule has 0 atom stereocenters. The first-order valence-corrected chi connectivity index (χ1v) is 8.61. The molecule has 1 aromatic rings. The summed E-state index contributed by atoms with van der Waals surface area (Å²) in [5.41, 5.74) is 0.540. The van der Waals surface area contributed by atoms with Crippen molar-refractivity contribution in [1.82, 2.24) is 9.62 Å². The Bertz CT molecular complexity index is 587. The van der Waals surface area contributed by atoms with Gasteiger partial charge in [-0.05, 0) is 30.5 Å². The minimum Gasteiger partial charge on any atom is -0.343 e. The molecular weight excluding hydrogens is 295 g/mol. The highest BCUT2D eigenvalue weighted by molar-refractivity contribution is 7.88. The fourth-order valence-electron chi connectivity index (χ4n) is 2.29. The van der Waals surface area contributed by atoms with E-state index in [2.05, 4.69) is 4.72 Å². The molecule has 1 aliphatic heterocycles. The Morgan fingerprint density at radius 2 is 1.95 bits per heavy atom. The average molecular weight is 314 g/mol. The van der Waals surface area contributed by atoms with Crippen molar-refractivity contribution in [2.45, 2.75) is 25.0 Å². The van der Waals surface area contributed by atoms with Crippen LogP contribution in [0.4, 0.5) is 4.39 Å². The minimum atomic E-state index is -3.43. The Morgan fingerprint density at radius 3 is 2.57 bits per heavy atom. The molecule has 1 heterocycles. The van der Waals surface area contributed by atoms with Crippen molar-refractivity contribution in [2.24, 2.45) is 0 Å². The molecule has 1 fully saturated rings. The van der Waals surface area contributed by atoms with Gasteiger partial charge in [-0.25, -0.2) is 17.5 Å². The summed E-state index contributed by atoms with van der Waals surface area (Å²) < 4.78 is 39.0. The molecule has 116 valence electrons. The molecule has 0 bridgehead atoms. The summed E-state index contributed by atoms with van der Waals surface area (Å²) in [6, 6.07) is 5.39. The van der Waals surface area contributed by atoms with Crippen LogP contribution >= 0.6 is 0 Å². The summed E-state index contributed by atoms with van der Waals surface area (Å²) >= 11 is 0. The van der Waals surface area contributed by atoms with Crippen LogP contribution in [0.2, 0.25) is 0 Å². The molecule has 0 radical (unpaired) electrons. The highest BCUT2D eigenvalue weighted by Crippen LogP contribution is 2.10. The van der Waals surface area contributed by atoms with Gasteiger partial charge in [0, 0.05) is 26.1 Å². The number of rotatable bonds is 7. The van der Waals surface area contributed by atoms with E-state index in [1.54, 1.807) is 4.90 Å². The van der Waals surface area contributed by atoms with Gasteiger partial charge in [0.25, 0.3) is 0 Å². The zero-order chi connectivity index (χ0) is 15.3. The molecule has 0 unspecified atom stereocenters. The summed E-state index contributed by atoms with van der Waals surface area (Å²) in [5.74, 6) is -0.417. The van der Waals surface area contributed by atoms with Crippen LogP contribution in [-0.2, 0) is 20.6 Å². The van der Waals surface area contributed by atoms with Gasteiger partial charge in [0.2, 0.25) is 15.9 Å². The number of benzene rings is 1. The van der Waals surface area contributed by atoms with Crippen LogP contribution in [0.5, 0.6) is 0 Å². The van der Waals surface area contributed by atoms with Crippen molar-refractivity contribution in [3.8, 4) is 0 Å². The number of amides is 1. The maximum absolute atomic E-state index is 12.8. The van der Waals surface area contributed by atoms with E-state index < -0.39 is 10.0 Å². The molecule has 1 aliphatic rings. The van der Waals surface area contributed by atoms with Gasteiger partial charge in [0.1, 0.15) is 5.82 Å². The van der Waals surface area contributed by atoms with Crippen LogP contribution in [-0.4, -0.2) is 38.9 Å². The normalized spacial score (nSPS) is 15.7. The van der Waals surface area contributed by atoms with Crippen molar-refractivity contribution >= 4 is 15.9 Å². The highest BCUT2D eigenvalue weighted by Gasteiger charge is 2.19. The zero-order valence-corrected chi connectivity index (χ0v) is 12.5. The van der Waals surface area contributed by atoms with Gasteiger partial charge in [-0.3, -0.25) is 4.79 Å². The second kappa shape index (κ2) is 7.00.